The van der Waals surface area contributed by atoms with Gasteiger partial charge < -0.3 is 4.74 Å². The predicted octanol–water partition coefficient (Wildman–Crippen LogP) is 6.06. The van der Waals surface area contributed by atoms with Gasteiger partial charge in [0, 0.05) is 16.6 Å². The lowest BCUT2D eigenvalue weighted by molar-refractivity contribution is 0.0979. The summed E-state index contributed by atoms with van der Waals surface area (Å²) in [6.07, 6.45) is 3.14. The van der Waals surface area contributed by atoms with E-state index in [1.165, 1.54) is 28.5 Å². The van der Waals surface area contributed by atoms with E-state index in [-0.39, 0.29) is 17.9 Å². The molecule has 0 bridgehead atoms. The van der Waals surface area contributed by atoms with Crippen LogP contribution in [0.5, 0.6) is 5.75 Å². The van der Waals surface area contributed by atoms with Gasteiger partial charge in [-0.15, -0.1) is 11.3 Å². The normalized spacial score (nSPS) is 10.9. The van der Waals surface area contributed by atoms with Crippen molar-refractivity contribution in [3.8, 4) is 16.3 Å². The van der Waals surface area contributed by atoms with E-state index in [1.54, 1.807) is 37.6 Å². The Morgan fingerprint density at radius 1 is 1.00 bits per heavy atom. The number of anilines is 1. The van der Waals surface area contributed by atoms with E-state index in [0.29, 0.717) is 11.0 Å². The molecule has 0 aliphatic carbocycles. The molecule has 1 amide bonds. The molecule has 8 heteroatoms. The minimum atomic E-state index is -0.495. The highest BCUT2D eigenvalue weighted by Crippen LogP contribution is 2.31. The van der Waals surface area contributed by atoms with Gasteiger partial charge in [-0.05, 0) is 55.0 Å². The van der Waals surface area contributed by atoms with Crippen LogP contribution in [0.15, 0.2) is 79.1 Å². The van der Waals surface area contributed by atoms with Crippen molar-refractivity contribution in [3.63, 3.8) is 0 Å². The molecule has 0 atom stereocenters. The van der Waals surface area contributed by atoms with E-state index in [1.807, 2.05) is 43.3 Å². The molecule has 0 saturated carbocycles. The zero-order valence-electron chi connectivity index (χ0n) is 19.1. The molecule has 0 saturated heterocycles. The summed E-state index contributed by atoms with van der Waals surface area (Å²) < 4.78 is 20.1. The van der Waals surface area contributed by atoms with Gasteiger partial charge in [0.25, 0.3) is 5.91 Å². The van der Waals surface area contributed by atoms with Gasteiger partial charge in [0.15, 0.2) is 0 Å². The first-order chi connectivity index (χ1) is 17.0. The van der Waals surface area contributed by atoms with Crippen LogP contribution in [0.1, 0.15) is 20.9 Å². The first-order valence-corrected chi connectivity index (χ1v) is 11.7. The highest BCUT2D eigenvalue weighted by atomic mass is 32.1. The molecule has 3 aromatic carbocycles. The van der Waals surface area contributed by atoms with Gasteiger partial charge in [-0.3, -0.25) is 14.7 Å². The molecule has 174 valence electrons. The number of aryl methyl sites for hydroxylation is 1. The van der Waals surface area contributed by atoms with Crippen LogP contribution in [-0.4, -0.2) is 28.0 Å². The molecule has 5 aromatic rings. The monoisotopic (exact) mass is 484 g/mol. The predicted molar refractivity (Wildman–Crippen MR) is 135 cm³/mol. The lowest BCUT2D eigenvalue weighted by Crippen LogP contribution is -2.31. The van der Waals surface area contributed by atoms with Crippen molar-refractivity contribution < 1.29 is 13.9 Å². The molecule has 0 spiro atoms. The zero-order chi connectivity index (χ0) is 24.4. The standard InChI is InChI=1S/C27H21FN4O2S/c1-17-13-18(11-12-25(17)34-2)26-30-14-19(35-26)16-32(24-10-6-3-7-20(24)28)27(33)23-15-29-21-8-4-5-9-22(21)31-23/h3-15H,16H2,1-2H3. The number of rotatable bonds is 6. The van der Waals surface area contributed by atoms with Gasteiger partial charge in [-0.1, -0.05) is 24.3 Å². The van der Waals surface area contributed by atoms with Crippen LogP contribution in [0.2, 0.25) is 0 Å². The number of nitrogens with zero attached hydrogens (tertiary/aromatic N) is 4. The van der Waals surface area contributed by atoms with Crippen LogP contribution in [0.4, 0.5) is 10.1 Å². The van der Waals surface area contributed by atoms with Crippen LogP contribution in [0.25, 0.3) is 21.6 Å². The fraction of sp³-hybridized carbons (Fsp3) is 0.111. The molecule has 0 unspecified atom stereocenters. The van der Waals surface area contributed by atoms with Crippen molar-refractivity contribution in [2.45, 2.75) is 13.5 Å². The zero-order valence-corrected chi connectivity index (χ0v) is 19.9. The van der Waals surface area contributed by atoms with Crippen LogP contribution in [0.3, 0.4) is 0 Å². The first kappa shape index (κ1) is 22.6. The maximum Gasteiger partial charge on any atom is 0.278 e. The number of amides is 1. The van der Waals surface area contributed by atoms with Gasteiger partial charge in [0.05, 0.1) is 36.6 Å². The Morgan fingerprint density at radius 3 is 2.54 bits per heavy atom. The Balaban J connectivity index is 1.49. The molecule has 0 aliphatic rings. The Morgan fingerprint density at radius 2 is 1.77 bits per heavy atom. The van der Waals surface area contributed by atoms with Gasteiger partial charge in [0.2, 0.25) is 0 Å². The number of carbonyl (C=O) groups excluding carboxylic acids is 1. The number of aromatic nitrogens is 3. The largest absolute Gasteiger partial charge is 0.496 e. The number of ether oxygens (including phenoxy) is 1. The van der Waals surface area contributed by atoms with Crippen molar-refractivity contribution in [1.82, 2.24) is 15.0 Å². The average molecular weight is 485 g/mol. The van der Waals surface area contributed by atoms with Crippen molar-refractivity contribution in [1.29, 1.82) is 0 Å². The second-order valence-electron chi connectivity index (χ2n) is 7.90. The van der Waals surface area contributed by atoms with Gasteiger partial charge in [-0.25, -0.2) is 14.4 Å². The summed E-state index contributed by atoms with van der Waals surface area (Å²) >= 11 is 1.45. The third kappa shape index (κ3) is 4.61. The highest BCUT2D eigenvalue weighted by molar-refractivity contribution is 7.15. The molecule has 0 N–H and O–H groups in total. The third-order valence-electron chi connectivity index (χ3n) is 5.57. The van der Waals surface area contributed by atoms with Crippen molar-refractivity contribution in [2.75, 3.05) is 12.0 Å². The van der Waals surface area contributed by atoms with E-state index in [2.05, 4.69) is 15.0 Å². The van der Waals surface area contributed by atoms with Gasteiger partial charge in [-0.2, -0.15) is 0 Å². The fourth-order valence-electron chi connectivity index (χ4n) is 3.82. The number of thiazole rings is 1. The summed E-state index contributed by atoms with van der Waals surface area (Å²) in [5, 5.41) is 0.803. The van der Waals surface area contributed by atoms with Crippen molar-refractivity contribution in [3.05, 3.63) is 101 Å². The summed E-state index contributed by atoms with van der Waals surface area (Å²) in [5.41, 5.74) is 3.54. The summed E-state index contributed by atoms with van der Waals surface area (Å²) in [4.78, 5) is 29.1. The average Bonchev–Trinajstić information content (AvgIpc) is 3.36. The topological polar surface area (TPSA) is 68.2 Å². The molecular weight excluding hydrogens is 463 g/mol. The van der Waals surface area contributed by atoms with E-state index in [4.69, 9.17) is 4.74 Å². The van der Waals surface area contributed by atoms with E-state index >= 15 is 0 Å². The van der Waals surface area contributed by atoms with Crippen LogP contribution in [0, 0.1) is 12.7 Å². The van der Waals surface area contributed by atoms with E-state index < -0.39 is 11.7 Å². The molecule has 0 fully saturated rings. The van der Waals surface area contributed by atoms with Crippen LogP contribution in [-0.2, 0) is 6.54 Å². The minimum absolute atomic E-state index is 0.140. The Labute approximate surface area is 205 Å². The Hall–Kier alpha value is -4.17. The van der Waals surface area contributed by atoms with Crippen molar-refractivity contribution >= 4 is 34.0 Å². The maximum atomic E-state index is 14.8. The summed E-state index contributed by atoms with van der Waals surface area (Å²) in [5.74, 6) is -0.132. The number of benzene rings is 3. The number of methoxy groups -OCH3 is 1. The fourth-order valence-corrected chi connectivity index (χ4v) is 4.71. The number of fused-ring (bicyclic) bond motifs is 1. The molecule has 6 nitrogen and oxygen atoms in total. The number of hydrogen-bond acceptors (Lipinski definition) is 6. The van der Waals surface area contributed by atoms with Crippen LogP contribution >= 0.6 is 11.3 Å². The van der Waals surface area contributed by atoms with Gasteiger partial charge >= 0.3 is 0 Å². The maximum absolute atomic E-state index is 14.8. The van der Waals surface area contributed by atoms with E-state index in [9.17, 15) is 9.18 Å². The minimum Gasteiger partial charge on any atom is -0.496 e. The lowest BCUT2D eigenvalue weighted by atomic mass is 10.1. The number of para-hydroxylation sites is 3. The summed E-state index contributed by atoms with van der Waals surface area (Å²) in [6, 6.07) is 19.4. The van der Waals surface area contributed by atoms with E-state index in [0.717, 1.165) is 26.8 Å². The molecule has 2 heterocycles. The Kier molecular flexibility index (Phi) is 6.20. The molecule has 0 aliphatic heterocycles. The second-order valence-corrected chi connectivity index (χ2v) is 9.02. The smallest absolute Gasteiger partial charge is 0.278 e. The quantitative estimate of drug-likeness (QED) is 0.293. The molecule has 0 radical (unpaired) electrons. The number of hydrogen-bond donors (Lipinski definition) is 0. The molecule has 2 aromatic heterocycles. The number of halogens is 1. The first-order valence-electron chi connectivity index (χ1n) is 10.9. The molecule has 35 heavy (non-hydrogen) atoms. The Bertz CT molecular complexity index is 1530. The SMILES string of the molecule is COc1ccc(-c2ncc(CN(C(=O)c3cnc4ccccc4n3)c3ccccc3F)s2)cc1C. The second kappa shape index (κ2) is 9.60. The van der Waals surface area contributed by atoms with Gasteiger partial charge in [0.1, 0.15) is 22.3 Å². The summed E-state index contributed by atoms with van der Waals surface area (Å²) in [7, 11) is 1.64. The number of carbonyl (C=O) groups is 1. The third-order valence-corrected chi connectivity index (χ3v) is 6.60. The van der Waals surface area contributed by atoms with Crippen LogP contribution < -0.4 is 9.64 Å². The summed E-state index contributed by atoms with van der Waals surface area (Å²) in [6.45, 7) is 2.11. The highest BCUT2D eigenvalue weighted by Gasteiger charge is 2.24. The van der Waals surface area contributed by atoms with Crippen molar-refractivity contribution in [2.24, 2.45) is 0 Å². The molecular formula is C27H21FN4O2S. The lowest BCUT2D eigenvalue weighted by Gasteiger charge is -2.22. The molecule has 5 rings (SSSR count).